The number of ether oxygens (including phenoxy) is 3. The lowest BCUT2D eigenvalue weighted by Gasteiger charge is -2.14. The van der Waals surface area contributed by atoms with Crippen molar-refractivity contribution in [3.8, 4) is 11.5 Å². The highest BCUT2D eigenvalue weighted by Gasteiger charge is 2.24. The molecule has 0 radical (unpaired) electrons. The predicted octanol–water partition coefficient (Wildman–Crippen LogP) is 5.10. The van der Waals surface area contributed by atoms with E-state index in [4.69, 9.17) is 25.8 Å². The SMILES string of the molecule is COc1ccc(CNC(=O)C(C)OC(=O)Cc2c(C)n(C(=O)c3ccc(Cl)cc3)c3ccc(OC)cc23)cc1. The van der Waals surface area contributed by atoms with Crippen molar-refractivity contribution in [2.45, 2.75) is 32.9 Å². The lowest BCUT2D eigenvalue weighted by atomic mass is 10.1. The molecule has 202 valence electrons. The predicted molar refractivity (Wildman–Crippen MR) is 149 cm³/mol. The quantitative estimate of drug-likeness (QED) is 0.292. The zero-order valence-electron chi connectivity index (χ0n) is 22.1. The van der Waals surface area contributed by atoms with Crippen LogP contribution in [0.3, 0.4) is 0 Å². The number of amides is 1. The summed E-state index contributed by atoms with van der Waals surface area (Å²) in [6.07, 6.45) is -1.14. The molecule has 1 unspecified atom stereocenters. The smallest absolute Gasteiger partial charge is 0.311 e. The number of methoxy groups -OCH3 is 2. The van der Waals surface area contributed by atoms with E-state index in [-0.39, 0.29) is 18.9 Å². The van der Waals surface area contributed by atoms with Crippen LogP contribution in [0.15, 0.2) is 66.7 Å². The third-order valence-electron chi connectivity index (χ3n) is 6.46. The fourth-order valence-electron chi connectivity index (χ4n) is 4.31. The second-order valence-corrected chi connectivity index (χ2v) is 9.41. The summed E-state index contributed by atoms with van der Waals surface area (Å²) in [6.45, 7) is 3.57. The summed E-state index contributed by atoms with van der Waals surface area (Å²) in [7, 11) is 3.13. The van der Waals surface area contributed by atoms with Crippen LogP contribution in [0.1, 0.15) is 34.1 Å². The fraction of sp³-hybridized carbons (Fsp3) is 0.233. The van der Waals surface area contributed by atoms with Gasteiger partial charge in [0.1, 0.15) is 11.5 Å². The second-order valence-electron chi connectivity index (χ2n) is 8.97. The number of esters is 1. The van der Waals surface area contributed by atoms with Crippen molar-refractivity contribution in [1.29, 1.82) is 0 Å². The number of hydrogen-bond acceptors (Lipinski definition) is 6. The molecule has 4 rings (SSSR count). The van der Waals surface area contributed by atoms with Crippen LogP contribution in [0, 0.1) is 6.92 Å². The molecule has 0 aliphatic carbocycles. The molecule has 0 saturated heterocycles. The van der Waals surface area contributed by atoms with Gasteiger partial charge in [0.25, 0.3) is 11.8 Å². The van der Waals surface area contributed by atoms with Gasteiger partial charge >= 0.3 is 5.97 Å². The molecule has 1 heterocycles. The molecule has 0 saturated carbocycles. The molecule has 1 atom stereocenters. The van der Waals surface area contributed by atoms with Crippen LogP contribution in [-0.2, 0) is 27.3 Å². The Hall–Kier alpha value is -4.30. The summed E-state index contributed by atoms with van der Waals surface area (Å²) in [5.74, 6) is 0.0325. The van der Waals surface area contributed by atoms with Crippen LogP contribution < -0.4 is 14.8 Å². The zero-order chi connectivity index (χ0) is 28.1. The van der Waals surface area contributed by atoms with Gasteiger partial charge in [0.2, 0.25) is 0 Å². The molecule has 1 amide bonds. The lowest BCUT2D eigenvalue weighted by Crippen LogP contribution is -2.35. The molecule has 0 bridgehead atoms. The van der Waals surface area contributed by atoms with Crippen LogP contribution in [0.25, 0.3) is 10.9 Å². The van der Waals surface area contributed by atoms with Crippen molar-refractivity contribution in [3.05, 3.63) is 94.1 Å². The number of nitrogens with one attached hydrogen (secondary N) is 1. The molecule has 9 heteroatoms. The van der Waals surface area contributed by atoms with Gasteiger partial charge in [-0.15, -0.1) is 0 Å². The minimum atomic E-state index is -1.00. The van der Waals surface area contributed by atoms with E-state index in [0.717, 1.165) is 11.3 Å². The van der Waals surface area contributed by atoms with Gasteiger partial charge in [-0.1, -0.05) is 23.7 Å². The monoisotopic (exact) mass is 548 g/mol. The zero-order valence-corrected chi connectivity index (χ0v) is 22.9. The first-order chi connectivity index (χ1) is 18.7. The number of fused-ring (bicyclic) bond motifs is 1. The van der Waals surface area contributed by atoms with E-state index in [9.17, 15) is 14.4 Å². The standard InChI is InChI=1S/C30H29ClN2O6/c1-18-25(16-28(34)39-19(2)29(35)32-17-20-5-11-23(37-3)12-6-20)26-15-24(38-4)13-14-27(26)33(18)30(36)21-7-9-22(31)10-8-21/h5-15,19H,16-17H2,1-4H3,(H,32,35). The molecule has 0 aliphatic rings. The van der Waals surface area contributed by atoms with E-state index in [2.05, 4.69) is 5.32 Å². The third kappa shape index (κ3) is 6.23. The van der Waals surface area contributed by atoms with Gasteiger partial charge in [0, 0.05) is 28.2 Å². The van der Waals surface area contributed by atoms with Crippen LogP contribution in [0.4, 0.5) is 0 Å². The van der Waals surface area contributed by atoms with E-state index in [0.29, 0.717) is 38.5 Å². The van der Waals surface area contributed by atoms with Crippen LogP contribution >= 0.6 is 11.6 Å². The molecule has 4 aromatic rings. The maximum Gasteiger partial charge on any atom is 0.311 e. The number of carbonyl (C=O) groups is 3. The first-order valence-electron chi connectivity index (χ1n) is 12.3. The van der Waals surface area contributed by atoms with Gasteiger partial charge in [0.05, 0.1) is 26.2 Å². The Morgan fingerprint density at radius 1 is 0.923 bits per heavy atom. The minimum Gasteiger partial charge on any atom is -0.497 e. The molecule has 1 N–H and O–H groups in total. The van der Waals surface area contributed by atoms with E-state index >= 15 is 0 Å². The molecule has 0 fully saturated rings. The Balaban J connectivity index is 1.51. The maximum absolute atomic E-state index is 13.5. The van der Waals surface area contributed by atoms with E-state index in [1.807, 2.05) is 12.1 Å². The topological polar surface area (TPSA) is 95.9 Å². The number of nitrogens with zero attached hydrogens (tertiary/aromatic N) is 1. The van der Waals surface area contributed by atoms with Crippen molar-refractivity contribution in [3.63, 3.8) is 0 Å². The molecular weight excluding hydrogens is 520 g/mol. The molecule has 0 spiro atoms. The molecule has 1 aromatic heterocycles. The van der Waals surface area contributed by atoms with Gasteiger partial charge < -0.3 is 19.5 Å². The Bertz CT molecular complexity index is 1510. The average molecular weight is 549 g/mol. The number of aromatic nitrogens is 1. The fourth-order valence-corrected chi connectivity index (χ4v) is 4.43. The van der Waals surface area contributed by atoms with Gasteiger partial charge in [-0.3, -0.25) is 19.0 Å². The number of carbonyl (C=O) groups excluding carboxylic acids is 3. The summed E-state index contributed by atoms with van der Waals surface area (Å²) in [4.78, 5) is 39.0. The van der Waals surface area contributed by atoms with Crippen molar-refractivity contribution in [2.75, 3.05) is 14.2 Å². The number of halogens is 1. The Kier molecular flexibility index (Phi) is 8.56. The molecule has 39 heavy (non-hydrogen) atoms. The maximum atomic E-state index is 13.5. The van der Waals surface area contributed by atoms with Crippen molar-refractivity contribution >= 4 is 40.3 Å². The first-order valence-corrected chi connectivity index (χ1v) is 12.7. The third-order valence-corrected chi connectivity index (χ3v) is 6.71. The summed E-state index contributed by atoms with van der Waals surface area (Å²) >= 11 is 5.99. The van der Waals surface area contributed by atoms with Crippen molar-refractivity contribution < 1.29 is 28.6 Å². The summed E-state index contributed by atoms with van der Waals surface area (Å²) in [5.41, 5.74) is 3.16. The van der Waals surface area contributed by atoms with E-state index in [1.165, 1.54) is 6.92 Å². The highest BCUT2D eigenvalue weighted by atomic mass is 35.5. The van der Waals surface area contributed by atoms with E-state index < -0.39 is 18.0 Å². The highest BCUT2D eigenvalue weighted by molar-refractivity contribution is 6.30. The lowest BCUT2D eigenvalue weighted by molar-refractivity contribution is -0.154. The van der Waals surface area contributed by atoms with Crippen molar-refractivity contribution in [1.82, 2.24) is 9.88 Å². The Morgan fingerprint density at radius 2 is 1.56 bits per heavy atom. The second kappa shape index (κ2) is 12.0. The van der Waals surface area contributed by atoms with Gasteiger partial charge in [0.15, 0.2) is 6.10 Å². The highest BCUT2D eigenvalue weighted by Crippen LogP contribution is 2.31. The average Bonchev–Trinajstić information content (AvgIpc) is 3.21. The van der Waals surface area contributed by atoms with Crippen molar-refractivity contribution in [2.24, 2.45) is 0 Å². The minimum absolute atomic E-state index is 0.132. The van der Waals surface area contributed by atoms with Crippen LogP contribution in [0.2, 0.25) is 5.02 Å². The van der Waals surface area contributed by atoms with E-state index in [1.54, 1.807) is 80.3 Å². The summed E-state index contributed by atoms with van der Waals surface area (Å²) in [6, 6.07) is 19.2. The Morgan fingerprint density at radius 3 is 2.21 bits per heavy atom. The Labute approximate surface area is 231 Å². The number of hydrogen-bond donors (Lipinski definition) is 1. The first kappa shape index (κ1) is 27.7. The largest absolute Gasteiger partial charge is 0.497 e. The normalized spacial score (nSPS) is 11.6. The van der Waals surface area contributed by atoms with Gasteiger partial charge in [-0.25, -0.2) is 0 Å². The number of rotatable bonds is 9. The molecule has 3 aromatic carbocycles. The molecular formula is C30H29ClN2O6. The summed E-state index contributed by atoms with van der Waals surface area (Å²) < 4.78 is 17.5. The molecule has 0 aliphatic heterocycles. The van der Waals surface area contributed by atoms with Crippen LogP contribution in [0.5, 0.6) is 11.5 Å². The molecule has 8 nitrogen and oxygen atoms in total. The van der Waals surface area contributed by atoms with Gasteiger partial charge in [-0.05, 0) is 79.6 Å². The van der Waals surface area contributed by atoms with Gasteiger partial charge in [-0.2, -0.15) is 0 Å². The summed E-state index contributed by atoms with van der Waals surface area (Å²) in [5, 5.41) is 3.98. The number of benzene rings is 3. The van der Waals surface area contributed by atoms with Crippen LogP contribution in [-0.4, -0.2) is 42.7 Å².